The highest BCUT2D eigenvalue weighted by Gasteiger charge is 2.29. The van der Waals surface area contributed by atoms with Crippen LogP contribution in [-0.4, -0.2) is 44.7 Å². The molecule has 0 spiro atoms. The third-order valence-corrected chi connectivity index (χ3v) is 4.76. The summed E-state index contributed by atoms with van der Waals surface area (Å²) in [6, 6.07) is 11.5. The summed E-state index contributed by atoms with van der Waals surface area (Å²) in [6.45, 7) is 5.68. The summed E-state index contributed by atoms with van der Waals surface area (Å²) < 4.78 is 11.0. The monoisotopic (exact) mass is 372 g/mol. The molecule has 1 fully saturated rings. The highest BCUT2D eigenvalue weighted by atomic mass is 16.5. The van der Waals surface area contributed by atoms with Crippen LogP contribution in [0.5, 0.6) is 0 Å². The Hall–Kier alpha value is -2.64. The van der Waals surface area contributed by atoms with Gasteiger partial charge in [0.2, 0.25) is 0 Å². The van der Waals surface area contributed by atoms with Gasteiger partial charge in [0.25, 0.3) is 0 Å². The first-order valence-corrected chi connectivity index (χ1v) is 9.21. The van der Waals surface area contributed by atoms with E-state index < -0.39 is 11.8 Å². The molecule has 2 heterocycles. The van der Waals surface area contributed by atoms with Gasteiger partial charge in [0.15, 0.2) is 11.8 Å². The zero-order valence-electron chi connectivity index (χ0n) is 15.5. The predicted molar refractivity (Wildman–Crippen MR) is 99.0 cm³/mol. The standard InChI is InChI=1S/C20H25N3O4/c1-15-4-6-16(7-5-15)13-21-19(24)20(25)22-14-17(18-3-2-10-27-18)23-8-11-26-12-9-23/h2-7,10,17H,8-9,11-14H2,1H3,(H,21,24)(H,22,25)/p+1/t17-/m0/s1. The first-order valence-electron chi connectivity index (χ1n) is 9.21. The molecule has 0 unspecified atom stereocenters. The van der Waals surface area contributed by atoms with Crippen molar-refractivity contribution in [3.05, 3.63) is 59.5 Å². The molecule has 0 aliphatic carbocycles. The third kappa shape index (κ3) is 5.42. The number of carbonyl (C=O) groups is 2. The summed E-state index contributed by atoms with van der Waals surface area (Å²) in [5.74, 6) is -0.468. The van der Waals surface area contributed by atoms with Crippen LogP contribution in [0.4, 0.5) is 0 Å². The normalized spacial score (nSPS) is 15.9. The van der Waals surface area contributed by atoms with E-state index in [9.17, 15) is 9.59 Å². The van der Waals surface area contributed by atoms with Crippen molar-refractivity contribution < 1.29 is 23.6 Å². The number of nitrogens with one attached hydrogen (secondary N) is 3. The lowest BCUT2D eigenvalue weighted by molar-refractivity contribution is -0.938. The minimum Gasteiger partial charge on any atom is -0.463 e. The molecule has 0 bridgehead atoms. The first kappa shape index (κ1) is 19.1. The highest BCUT2D eigenvalue weighted by molar-refractivity contribution is 6.35. The van der Waals surface area contributed by atoms with Gasteiger partial charge in [-0.05, 0) is 24.6 Å². The second kappa shape index (κ2) is 9.34. The van der Waals surface area contributed by atoms with Crippen LogP contribution in [0.1, 0.15) is 22.9 Å². The van der Waals surface area contributed by atoms with Crippen molar-refractivity contribution in [3.8, 4) is 0 Å². The Morgan fingerprint density at radius 1 is 1.07 bits per heavy atom. The molecule has 1 aliphatic rings. The molecule has 1 aliphatic heterocycles. The Kier molecular flexibility index (Phi) is 6.62. The Morgan fingerprint density at radius 2 is 1.78 bits per heavy atom. The van der Waals surface area contributed by atoms with Crippen LogP contribution in [0.15, 0.2) is 47.1 Å². The van der Waals surface area contributed by atoms with Gasteiger partial charge in [-0.25, -0.2) is 0 Å². The van der Waals surface area contributed by atoms with E-state index in [4.69, 9.17) is 9.15 Å². The zero-order valence-corrected chi connectivity index (χ0v) is 15.5. The van der Waals surface area contributed by atoms with E-state index in [1.165, 1.54) is 4.90 Å². The number of aryl methyl sites for hydroxylation is 1. The molecule has 7 nitrogen and oxygen atoms in total. The van der Waals surface area contributed by atoms with Gasteiger partial charge in [0, 0.05) is 6.54 Å². The second-order valence-electron chi connectivity index (χ2n) is 6.72. The fourth-order valence-corrected chi connectivity index (χ4v) is 3.16. The summed E-state index contributed by atoms with van der Waals surface area (Å²) in [7, 11) is 0. The molecule has 3 N–H and O–H groups in total. The molecule has 2 amide bonds. The van der Waals surface area contributed by atoms with Crippen molar-refractivity contribution >= 4 is 11.8 Å². The summed E-state index contributed by atoms with van der Waals surface area (Å²) in [5, 5.41) is 5.40. The van der Waals surface area contributed by atoms with Crippen LogP contribution >= 0.6 is 0 Å². The Balaban J connectivity index is 1.52. The van der Waals surface area contributed by atoms with Crippen LogP contribution < -0.4 is 15.5 Å². The molecular weight excluding hydrogens is 346 g/mol. The fourth-order valence-electron chi connectivity index (χ4n) is 3.16. The van der Waals surface area contributed by atoms with Crippen molar-refractivity contribution in [1.29, 1.82) is 0 Å². The molecule has 3 rings (SSSR count). The van der Waals surface area contributed by atoms with E-state index in [1.54, 1.807) is 6.26 Å². The van der Waals surface area contributed by atoms with Gasteiger partial charge in [-0.15, -0.1) is 0 Å². The van der Waals surface area contributed by atoms with Crippen LogP contribution in [0.2, 0.25) is 0 Å². The van der Waals surface area contributed by atoms with Gasteiger partial charge >= 0.3 is 11.8 Å². The summed E-state index contributed by atoms with van der Waals surface area (Å²) in [5.41, 5.74) is 2.10. The number of morpholine rings is 1. The van der Waals surface area contributed by atoms with Crippen molar-refractivity contribution in [2.75, 3.05) is 32.8 Å². The van der Waals surface area contributed by atoms with Crippen LogP contribution in [0, 0.1) is 6.92 Å². The van der Waals surface area contributed by atoms with Crippen LogP contribution in [0.25, 0.3) is 0 Å². The summed E-state index contributed by atoms with van der Waals surface area (Å²) in [6.07, 6.45) is 1.62. The molecular formula is C20H26N3O4+. The molecule has 0 saturated carbocycles. The number of amides is 2. The number of furan rings is 1. The van der Waals surface area contributed by atoms with E-state index in [0.717, 1.165) is 30.0 Å². The molecule has 1 atom stereocenters. The molecule has 27 heavy (non-hydrogen) atoms. The molecule has 2 aromatic rings. The van der Waals surface area contributed by atoms with Gasteiger partial charge in [0.1, 0.15) is 13.1 Å². The number of ether oxygens (including phenoxy) is 1. The molecule has 1 saturated heterocycles. The van der Waals surface area contributed by atoms with Gasteiger partial charge in [-0.3, -0.25) is 9.59 Å². The van der Waals surface area contributed by atoms with Gasteiger partial charge < -0.3 is 24.7 Å². The van der Waals surface area contributed by atoms with Crippen LogP contribution in [-0.2, 0) is 20.9 Å². The molecule has 7 heteroatoms. The largest absolute Gasteiger partial charge is 0.463 e. The van der Waals surface area contributed by atoms with E-state index in [-0.39, 0.29) is 6.04 Å². The minimum atomic E-state index is -0.634. The number of hydrogen-bond donors (Lipinski definition) is 3. The quantitative estimate of drug-likeness (QED) is 0.622. The van der Waals surface area contributed by atoms with Gasteiger partial charge in [-0.2, -0.15) is 0 Å². The lowest BCUT2D eigenvalue weighted by atomic mass is 10.1. The van der Waals surface area contributed by atoms with E-state index in [0.29, 0.717) is 26.3 Å². The SMILES string of the molecule is Cc1ccc(CNC(=O)C(=O)NC[C@@H](c2ccco2)[NH+]2CCOCC2)cc1. The lowest BCUT2D eigenvalue weighted by Crippen LogP contribution is -3.15. The zero-order chi connectivity index (χ0) is 19.1. The Labute approximate surface area is 158 Å². The Morgan fingerprint density at radius 3 is 2.44 bits per heavy atom. The van der Waals surface area contributed by atoms with Gasteiger partial charge in [0.05, 0.1) is 26.0 Å². The molecule has 1 aromatic heterocycles. The average Bonchev–Trinajstić information content (AvgIpc) is 3.22. The topological polar surface area (TPSA) is 85.0 Å². The van der Waals surface area contributed by atoms with Gasteiger partial charge in [-0.1, -0.05) is 29.8 Å². The fraction of sp³-hybridized carbons (Fsp3) is 0.400. The van der Waals surface area contributed by atoms with Crippen molar-refractivity contribution in [1.82, 2.24) is 10.6 Å². The van der Waals surface area contributed by atoms with Crippen molar-refractivity contribution in [2.45, 2.75) is 19.5 Å². The summed E-state index contributed by atoms with van der Waals surface area (Å²) in [4.78, 5) is 25.5. The second-order valence-corrected chi connectivity index (χ2v) is 6.72. The average molecular weight is 372 g/mol. The highest BCUT2D eigenvalue weighted by Crippen LogP contribution is 2.10. The van der Waals surface area contributed by atoms with E-state index in [1.807, 2.05) is 43.3 Å². The predicted octanol–water partition coefficient (Wildman–Crippen LogP) is -0.0232. The van der Waals surface area contributed by atoms with Crippen molar-refractivity contribution in [2.24, 2.45) is 0 Å². The number of rotatable bonds is 6. The number of hydrogen-bond acceptors (Lipinski definition) is 4. The number of quaternary nitrogens is 1. The minimum absolute atomic E-state index is 0.0438. The van der Waals surface area contributed by atoms with Crippen molar-refractivity contribution in [3.63, 3.8) is 0 Å². The van der Waals surface area contributed by atoms with E-state index in [2.05, 4.69) is 10.6 Å². The maximum Gasteiger partial charge on any atom is 0.309 e. The molecule has 1 aromatic carbocycles. The lowest BCUT2D eigenvalue weighted by Gasteiger charge is -2.30. The molecule has 144 valence electrons. The smallest absolute Gasteiger partial charge is 0.309 e. The Bertz CT molecular complexity index is 737. The number of benzene rings is 1. The van der Waals surface area contributed by atoms with Crippen LogP contribution in [0.3, 0.4) is 0 Å². The number of carbonyl (C=O) groups excluding carboxylic acids is 2. The summed E-state index contributed by atoms with van der Waals surface area (Å²) >= 11 is 0. The third-order valence-electron chi connectivity index (χ3n) is 4.76. The van der Waals surface area contributed by atoms with E-state index >= 15 is 0 Å². The maximum atomic E-state index is 12.2. The molecule has 0 radical (unpaired) electrons. The first-order chi connectivity index (χ1) is 13.1. The maximum absolute atomic E-state index is 12.2.